The monoisotopic (exact) mass is 467 g/mol. The predicted molar refractivity (Wildman–Crippen MR) is 113 cm³/mol. The van der Waals surface area contributed by atoms with Crippen molar-refractivity contribution in [1.29, 1.82) is 5.26 Å². The number of likely N-dealkylation sites (tertiary alicyclic amines) is 1. The van der Waals surface area contributed by atoms with Gasteiger partial charge in [-0.2, -0.15) is 18.4 Å². The molecule has 1 unspecified atom stereocenters. The summed E-state index contributed by atoms with van der Waals surface area (Å²) in [4.78, 5) is 13.6. The third kappa shape index (κ3) is 7.04. The van der Waals surface area contributed by atoms with E-state index < -0.39 is 24.9 Å². The normalized spacial score (nSPS) is 17.8. The number of hydrogen-bond donors (Lipinski definition) is 1. The van der Waals surface area contributed by atoms with Gasteiger partial charge in [-0.1, -0.05) is 17.7 Å². The van der Waals surface area contributed by atoms with Gasteiger partial charge in [0.1, 0.15) is 11.9 Å². The van der Waals surface area contributed by atoms with Crippen molar-refractivity contribution in [2.24, 2.45) is 0 Å². The van der Waals surface area contributed by atoms with Crippen molar-refractivity contribution in [1.82, 2.24) is 4.90 Å². The quantitative estimate of drug-likeness (QED) is 0.629. The van der Waals surface area contributed by atoms with Gasteiger partial charge < -0.3 is 9.47 Å². The zero-order valence-corrected chi connectivity index (χ0v) is 17.7. The summed E-state index contributed by atoms with van der Waals surface area (Å²) in [5, 5.41) is 11.7. The van der Waals surface area contributed by atoms with E-state index in [1.54, 1.807) is 29.2 Å². The van der Waals surface area contributed by atoms with Gasteiger partial charge >= 0.3 is 12.3 Å². The fraction of sp³-hybridized carbons (Fsp3) is 0.364. The molecule has 1 aliphatic rings. The molecule has 2 aromatic carbocycles. The summed E-state index contributed by atoms with van der Waals surface area (Å²) < 4.78 is 51.2. The van der Waals surface area contributed by atoms with E-state index in [1.165, 1.54) is 24.3 Å². The first-order valence-corrected chi connectivity index (χ1v) is 10.3. The van der Waals surface area contributed by atoms with Crippen LogP contribution < -0.4 is 10.1 Å². The molecule has 0 spiro atoms. The molecule has 6 nitrogen and oxygen atoms in total. The van der Waals surface area contributed by atoms with E-state index in [4.69, 9.17) is 26.3 Å². The Balaban J connectivity index is 1.58. The summed E-state index contributed by atoms with van der Waals surface area (Å²) in [6.45, 7) is 0.161. The number of rotatable bonds is 6. The highest BCUT2D eigenvalue weighted by atomic mass is 35.5. The largest absolute Gasteiger partial charge is 0.489 e. The van der Waals surface area contributed by atoms with Crippen LogP contribution in [-0.2, 0) is 4.74 Å². The van der Waals surface area contributed by atoms with E-state index in [1.807, 2.05) is 6.07 Å². The summed E-state index contributed by atoms with van der Waals surface area (Å²) in [5.74, 6) is 0.488. The number of ether oxygens (including phenoxy) is 2. The van der Waals surface area contributed by atoms with Gasteiger partial charge in [-0.05, 0) is 61.9 Å². The minimum absolute atomic E-state index is 0.242. The SMILES string of the molecule is N#Cc1cccc(O[C@H]2CCCN(CC(OC(=O)Nc3ccc(Cl)cc3)C(F)(F)F)C2)c1. The number of carbonyl (C=O) groups excluding carboxylic acids is 1. The van der Waals surface area contributed by atoms with Crippen LogP contribution in [0.2, 0.25) is 5.02 Å². The Hall–Kier alpha value is -2.96. The van der Waals surface area contributed by atoms with Crippen LogP contribution in [0, 0.1) is 11.3 Å². The van der Waals surface area contributed by atoms with Crippen molar-refractivity contribution in [3.05, 3.63) is 59.1 Å². The van der Waals surface area contributed by atoms with Gasteiger partial charge in [-0.25, -0.2) is 4.79 Å². The van der Waals surface area contributed by atoms with Gasteiger partial charge in [-0.15, -0.1) is 0 Å². The summed E-state index contributed by atoms with van der Waals surface area (Å²) >= 11 is 5.76. The minimum Gasteiger partial charge on any atom is -0.489 e. The van der Waals surface area contributed by atoms with E-state index in [-0.39, 0.29) is 18.3 Å². The molecule has 0 aromatic heterocycles. The molecule has 1 heterocycles. The topological polar surface area (TPSA) is 74.6 Å². The number of anilines is 1. The van der Waals surface area contributed by atoms with Crippen molar-refractivity contribution in [2.75, 3.05) is 25.0 Å². The molecule has 2 aromatic rings. The molecule has 0 radical (unpaired) electrons. The first-order valence-electron chi connectivity index (χ1n) is 9.92. The minimum atomic E-state index is -4.73. The highest BCUT2D eigenvalue weighted by Crippen LogP contribution is 2.26. The van der Waals surface area contributed by atoms with Crippen LogP contribution in [0.25, 0.3) is 0 Å². The lowest BCUT2D eigenvalue weighted by Crippen LogP contribution is -2.49. The number of amides is 1. The van der Waals surface area contributed by atoms with Gasteiger partial charge in [0.2, 0.25) is 6.10 Å². The van der Waals surface area contributed by atoms with Gasteiger partial charge in [0.15, 0.2) is 0 Å². The second-order valence-corrected chi connectivity index (χ2v) is 7.79. The Morgan fingerprint density at radius 2 is 2.03 bits per heavy atom. The molecule has 1 aliphatic heterocycles. The van der Waals surface area contributed by atoms with E-state index in [2.05, 4.69) is 5.32 Å². The third-order valence-corrected chi connectivity index (χ3v) is 5.11. The predicted octanol–water partition coefficient (Wildman–Crippen LogP) is 5.23. The molecule has 32 heavy (non-hydrogen) atoms. The van der Waals surface area contributed by atoms with Gasteiger partial charge in [0.05, 0.1) is 11.6 Å². The molecular weight excluding hydrogens is 447 g/mol. The second-order valence-electron chi connectivity index (χ2n) is 7.35. The van der Waals surface area contributed by atoms with Gasteiger partial charge in [0, 0.05) is 23.8 Å². The van der Waals surface area contributed by atoms with Crippen LogP contribution in [0.5, 0.6) is 5.75 Å². The van der Waals surface area contributed by atoms with E-state index >= 15 is 0 Å². The summed E-state index contributed by atoms with van der Waals surface area (Å²) in [6, 6.07) is 14.5. The maximum absolute atomic E-state index is 13.5. The number of nitriles is 1. The standard InChI is InChI=1S/C22H21ClF3N3O3/c23-16-6-8-17(9-7-16)28-21(30)32-20(22(24,25)26)14-29-10-2-5-19(13-29)31-18-4-1-3-15(11-18)12-27/h1,3-4,6-9,11,19-20H,2,5,10,13-14H2,(H,28,30)/t19-,20?/m0/s1. The first-order chi connectivity index (χ1) is 15.2. The number of hydrogen-bond acceptors (Lipinski definition) is 5. The molecule has 10 heteroatoms. The zero-order valence-electron chi connectivity index (χ0n) is 16.9. The highest BCUT2D eigenvalue weighted by Gasteiger charge is 2.44. The number of nitrogens with one attached hydrogen (secondary N) is 1. The molecule has 1 amide bonds. The Kier molecular flexibility index (Phi) is 7.83. The third-order valence-electron chi connectivity index (χ3n) is 4.86. The molecule has 2 atom stereocenters. The molecule has 1 saturated heterocycles. The van der Waals surface area contributed by atoms with Gasteiger partial charge in [-0.3, -0.25) is 10.2 Å². The number of carbonyl (C=O) groups is 1. The Bertz CT molecular complexity index is 963. The van der Waals surface area contributed by atoms with E-state index in [0.717, 1.165) is 0 Å². The van der Waals surface area contributed by atoms with Crippen molar-refractivity contribution in [3.63, 3.8) is 0 Å². The Morgan fingerprint density at radius 3 is 2.72 bits per heavy atom. The smallest absolute Gasteiger partial charge is 0.426 e. The van der Waals surface area contributed by atoms with Crippen molar-refractivity contribution in [3.8, 4) is 11.8 Å². The number of nitrogens with zero attached hydrogens (tertiary/aromatic N) is 2. The molecule has 3 rings (SSSR count). The highest BCUT2D eigenvalue weighted by molar-refractivity contribution is 6.30. The fourth-order valence-electron chi connectivity index (χ4n) is 3.36. The van der Waals surface area contributed by atoms with Crippen molar-refractivity contribution in [2.45, 2.75) is 31.2 Å². The van der Waals surface area contributed by atoms with E-state index in [9.17, 15) is 18.0 Å². The molecule has 1 fully saturated rings. The van der Waals surface area contributed by atoms with Crippen LogP contribution in [0.3, 0.4) is 0 Å². The Labute approximate surface area is 188 Å². The lowest BCUT2D eigenvalue weighted by atomic mass is 10.1. The lowest BCUT2D eigenvalue weighted by Gasteiger charge is -2.35. The number of piperidine rings is 1. The molecule has 0 saturated carbocycles. The van der Waals surface area contributed by atoms with Crippen molar-refractivity contribution >= 4 is 23.4 Å². The molecule has 0 bridgehead atoms. The molecule has 1 N–H and O–H groups in total. The Morgan fingerprint density at radius 1 is 1.28 bits per heavy atom. The summed E-state index contributed by atoms with van der Waals surface area (Å²) in [5.41, 5.74) is 0.707. The van der Waals surface area contributed by atoms with Crippen LogP contribution in [-0.4, -0.2) is 49.0 Å². The maximum atomic E-state index is 13.5. The molecule has 0 aliphatic carbocycles. The van der Waals surface area contributed by atoms with Crippen LogP contribution >= 0.6 is 11.6 Å². The van der Waals surface area contributed by atoms with E-state index in [0.29, 0.717) is 35.7 Å². The van der Waals surface area contributed by atoms with Gasteiger partial charge in [0.25, 0.3) is 0 Å². The number of alkyl halides is 3. The average Bonchev–Trinajstić information content (AvgIpc) is 2.75. The summed E-state index contributed by atoms with van der Waals surface area (Å²) in [7, 11) is 0. The first kappa shape index (κ1) is 23.7. The average molecular weight is 468 g/mol. The number of halogens is 4. The maximum Gasteiger partial charge on any atom is 0.426 e. The lowest BCUT2D eigenvalue weighted by molar-refractivity contribution is -0.207. The van der Waals surface area contributed by atoms with Crippen LogP contribution in [0.15, 0.2) is 48.5 Å². The van der Waals surface area contributed by atoms with Crippen molar-refractivity contribution < 1.29 is 27.4 Å². The second kappa shape index (κ2) is 10.6. The van der Waals surface area contributed by atoms with Crippen LogP contribution in [0.4, 0.5) is 23.7 Å². The van der Waals surface area contributed by atoms with Crippen LogP contribution in [0.1, 0.15) is 18.4 Å². The fourth-order valence-corrected chi connectivity index (χ4v) is 3.48. The summed E-state index contributed by atoms with van der Waals surface area (Å²) in [6.07, 6.45) is -7.27. The molecule has 170 valence electrons. The zero-order chi connectivity index (χ0) is 23.1. The number of benzene rings is 2. The molecular formula is C22H21ClF3N3O3.